The van der Waals surface area contributed by atoms with Crippen molar-refractivity contribution >= 4 is 34.7 Å². The molecule has 126 valence electrons. The molecule has 0 aliphatic rings. The number of hydrogen-bond acceptors (Lipinski definition) is 5. The average Bonchev–Trinajstić information content (AvgIpc) is 3.06. The third kappa shape index (κ3) is 5.96. The van der Waals surface area contributed by atoms with E-state index in [0.29, 0.717) is 24.1 Å². The lowest BCUT2D eigenvalue weighted by Gasteiger charge is -2.06. The maximum Gasteiger partial charge on any atom is 0.306 e. The highest BCUT2D eigenvalue weighted by Gasteiger charge is 2.10. The van der Waals surface area contributed by atoms with Gasteiger partial charge in [-0.15, -0.1) is 11.3 Å². The van der Waals surface area contributed by atoms with E-state index in [1.807, 2.05) is 17.5 Å². The van der Waals surface area contributed by atoms with Crippen LogP contribution in [0, 0.1) is 0 Å². The quantitative estimate of drug-likeness (QED) is 0.587. The molecule has 5 nitrogen and oxygen atoms in total. The topological polar surface area (TPSA) is 72.5 Å². The molecule has 24 heavy (non-hydrogen) atoms. The van der Waals surface area contributed by atoms with Crippen LogP contribution in [0.1, 0.15) is 35.0 Å². The van der Waals surface area contributed by atoms with Crippen molar-refractivity contribution in [1.29, 1.82) is 0 Å². The lowest BCUT2D eigenvalue weighted by molar-refractivity contribution is -0.142. The first kappa shape index (κ1) is 17.9. The molecule has 2 rings (SSSR count). The first-order chi connectivity index (χ1) is 11.5. The lowest BCUT2D eigenvalue weighted by Crippen LogP contribution is -2.14. The molecule has 0 aliphatic carbocycles. The summed E-state index contributed by atoms with van der Waals surface area (Å²) in [6.45, 7) is 1.15. The maximum absolute atomic E-state index is 12.0. The minimum absolute atomic E-state index is 0.175. The Morgan fingerprint density at radius 2 is 1.88 bits per heavy atom. The molecular formula is C18H19NO4S. The molecule has 0 fully saturated rings. The smallest absolute Gasteiger partial charge is 0.306 e. The summed E-state index contributed by atoms with van der Waals surface area (Å²) in [7, 11) is 0. The number of hydrogen-bond donors (Lipinski definition) is 1. The number of thiophene rings is 1. The van der Waals surface area contributed by atoms with Gasteiger partial charge in [0.05, 0.1) is 0 Å². The van der Waals surface area contributed by atoms with E-state index in [-0.39, 0.29) is 24.3 Å². The van der Waals surface area contributed by atoms with Crippen LogP contribution in [-0.4, -0.2) is 24.3 Å². The van der Waals surface area contributed by atoms with E-state index in [4.69, 9.17) is 4.74 Å². The third-order valence-electron chi connectivity index (χ3n) is 3.28. The number of ether oxygens (including phenoxy) is 1. The molecule has 1 N–H and O–H groups in total. The Morgan fingerprint density at radius 1 is 1.12 bits per heavy atom. The monoisotopic (exact) mass is 345 g/mol. The third-order valence-corrected chi connectivity index (χ3v) is 4.21. The number of ketones is 1. The highest BCUT2D eigenvalue weighted by atomic mass is 32.1. The molecule has 0 saturated heterocycles. The van der Waals surface area contributed by atoms with E-state index in [1.54, 1.807) is 35.6 Å². The second-order valence-electron chi connectivity index (χ2n) is 5.28. The van der Waals surface area contributed by atoms with E-state index >= 15 is 0 Å². The van der Waals surface area contributed by atoms with Gasteiger partial charge in [-0.05, 0) is 48.6 Å². The van der Waals surface area contributed by atoms with Crippen LogP contribution in [0.3, 0.4) is 0 Å². The molecule has 1 heterocycles. The maximum atomic E-state index is 12.0. The lowest BCUT2D eigenvalue weighted by atomic mass is 10.1. The molecular weight excluding hydrogens is 326 g/mol. The van der Waals surface area contributed by atoms with Gasteiger partial charge in [0.15, 0.2) is 12.4 Å². The van der Waals surface area contributed by atoms with Crippen LogP contribution in [0.2, 0.25) is 0 Å². The predicted molar refractivity (Wildman–Crippen MR) is 93.3 cm³/mol. The number of anilines is 1. The zero-order valence-corrected chi connectivity index (χ0v) is 14.2. The van der Waals surface area contributed by atoms with Gasteiger partial charge in [0.2, 0.25) is 5.91 Å². The first-order valence-electron chi connectivity index (χ1n) is 7.63. The summed E-state index contributed by atoms with van der Waals surface area (Å²) in [6, 6.07) is 10.5. The van der Waals surface area contributed by atoms with E-state index in [2.05, 4.69) is 5.32 Å². The number of esters is 1. The summed E-state index contributed by atoms with van der Waals surface area (Å²) < 4.78 is 5.02. The van der Waals surface area contributed by atoms with Crippen molar-refractivity contribution in [1.82, 2.24) is 0 Å². The molecule has 1 aromatic heterocycles. The molecule has 1 aromatic carbocycles. The van der Waals surface area contributed by atoms with E-state index in [0.717, 1.165) is 6.42 Å². The van der Waals surface area contributed by atoms with Crippen molar-refractivity contribution in [2.75, 3.05) is 11.9 Å². The molecule has 0 atom stereocenters. The fourth-order valence-electron chi connectivity index (χ4n) is 2.11. The van der Waals surface area contributed by atoms with Crippen LogP contribution in [0.25, 0.3) is 0 Å². The van der Waals surface area contributed by atoms with Crippen LogP contribution in [-0.2, 0) is 20.7 Å². The fourth-order valence-corrected chi connectivity index (χ4v) is 2.86. The minimum Gasteiger partial charge on any atom is -0.457 e. The van der Waals surface area contributed by atoms with Gasteiger partial charge in [0.25, 0.3) is 0 Å². The average molecular weight is 345 g/mol. The Labute approximate surface area is 144 Å². The second-order valence-corrected chi connectivity index (χ2v) is 6.31. The van der Waals surface area contributed by atoms with Crippen molar-refractivity contribution < 1.29 is 19.1 Å². The number of nitrogens with one attached hydrogen (secondary N) is 1. The second kappa shape index (κ2) is 8.98. The Morgan fingerprint density at radius 3 is 2.50 bits per heavy atom. The van der Waals surface area contributed by atoms with Gasteiger partial charge in [-0.1, -0.05) is 6.07 Å². The van der Waals surface area contributed by atoms with Gasteiger partial charge in [0.1, 0.15) is 0 Å². The van der Waals surface area contributed by atoms with Crippen molar-refractivity contribution in [2.24, 2.45) is 0 Å². The molecule has 2 aromatic rings. The molecule has 0 aliphatic heterocycles. The zero-order chi connectivity index (χ0) is 17.4. The normalized spacial score (nSPS) is 10.2. The van der Waals surface area contributed by atoms with Crippen molar-refractivity contribution in [3.63, 3.8) is 0 Å². The van der Waals surface area contributed by atoms with Gasteiger partial charge < -0.3 is 10.1 Å². The summed E-state index contributed by atoms with van der Waals surface area (Å²) in [5.74, 6) is -0.809. The van der Waals surface area contributed by atoms with Crippen molar-refractivity contribution in [3.8, 4) is 0 Å². The van der Waals surface area contributed by atoms with Gasteiger partial charge in [-0.3, -0.25) is 14.4 Å². The standard InChI is InChI=1S/C18H19NO4S/c1-13(20)19-15-9-7-14(8-10-15)17(21)12-23-18(22)6-2-4-16-5-3-11-24-16/h3,5,7-11H,2,4,6,12H2,1H3,(H,19,20). The number of rotatable bonds is 8. The number of aryl methyl sites for hydroxylation is 1. The van der Waals surface area contributed by atoms with Gasteiger partial charge in [-0.2, -0.15) is 0 Å². The Hall–Kier alpha value is -2.47. The largest absolute Gasteiger partial charge is 0.457 e. The summed E-state index contributed by atoms with van der Waals surface area (Å²) in [5.41, 5.74) is 1.06. The SMILES string of the molecule is CC(=O)Nc1ccc(C(=O)COC(=O)CCCc2cccs2)cc1. The van der Waals surface area contributed by atoms with Crippen LogP contribution < -0.4 is 5.32 Å². The molecule has 0 radical (unpaired) electrons. The summed E-state index contributed by atoms with van der Waals surface area (Å²) in [4.78, 5) is 35.8. The summed E-state index contributed by atoms with van der Waals surface area (Å²) in [5, 5.41) is 4.62. The molecule has 6 heteroatoms. The first-order valence-corrected chi connectivity index (χ1v) is 8.51. The molecule has 1 amide bonds. The van der Waals surface area contributed by atoms with Crippen LogP contribution >= 0.6 is 11.3 Å². The summed E-state index contributed by atoms with van der Waals surface area (Å²) in [6.07, 6.45) is 1.84. The molecule has 0 spiro atoms. The highest BCUT2D eigenvalue weighted by molar-refractivity contribution is 7.09. The number of carbonyl (C=O) groups is 3. The minimum atomic E-state index is -0.366. The van der Waals surface area contributed by atoms with E-state index in [9.17, 15) is 14.4 Å². The van der Waals surface area contributed by atoms with Gasteiger partial charge >= 0.3 is 5.97 Å². The Bertz CT molecular complexity index is 692. The number of carbonyl (C=O) groups excluding carboxylic acids is 3. The van der Waals surface area contributed by atoms with Gasteiger partial charge in [0, 0.05) is 29.5 Å². The molecule has 0 unspecified atom stereocenters. The van der Waals surface area contributed by atoms with E-state index < -0.39 is 0 Å². The molecule has 0 bridgehead atoms. The Balaban J connectivity index is 1.71. The number of benzene rings is 1. The van der Waals surface area contributed by atoms with Gasteiger partial charge in [-0.25, -0.2) is 0 Å². The van der Waals surface area contributed by atoms with Crippen molar-refractivity contribution in [2.45, 2.75) is 26.2 Å². The van der Waals surface area contributed by atoms with E-state index in [1.165, 1.54) is 11.8 Å². The predicted octanol–water partition coefficient (Wildman–Crippen LogP) is 3.46. The van der Waals surface area contributed by atoms with Crippen molar-refractivity contribution in [3.05, 3.63) is 52.2 Å². The fraction of sp³-hybridized carbons (Fsp3) is 0.278. The zero-order valence-electron chi connectivity index (χ0n) is 13.4. The number of Topliss-reactive ketones (excluding diaryl/α,β-unsaturated/α-hetero) is 1. The van der Waals surface area contributed by atoms with Crippen LogP contribution in [0.4, 0.5) is 5.69 Å². The Kier molecular flexibility index (Phi) is 6.69. The van der Waals surface area contributed by atoms with Crippen LogP contribution in [0.5, 0.6) is 0 Å². The van der Waals surface area contributed by atoms with Crippen LogP contribution in [0.15, 0.2) is 41.8 Å². The molecule has 0 saturated carbocycles. The summed E-state index contributed by atoms with van der Waals surface area (Å²) >= 11 is 1.66. The number of amides is 1. The highest BCUT2D eigenvalue weighted by Crippen LogP contribution is 2.13.